The van der Waals surface area contributed by atoms with Crippen LogP contribution in [0, 0.1) is 0 Å². The number of halogens is 1. The number of benzene rings is 2. The van der Waals surface area contributed by atoms with Crippen LogP contribution in [0.15, 0.2) is 53.4 Å². The molecule has 0 spiro atoms. The SMILES string of the molecule is O=C(c1ccccc1S(=O)(=O)N1CCCCC1)N1CCN(c2ccccc2Cl)CC1. The van der Waals surface area contributed by atoms with E-state index in [1.54, 1.807) is 29.2 Å². The Balaban J connectivity index is 1.52. The van der Waals surface area contributed by atoms with Crippen LogP contribution >= 0.6 is 11.6 Å². The number of carbonyl (C=O) groups excluding carboxylic acids is 1. The fraction of sp³-hybridized carbons (Fsp3) is 0.409. The molecule has 1 amide bonds. The molecule has 30 heavy (non-hydrogen) atoms. The van der Waals surface area contributed by atoms with E-state index in [0.29, 0.717) is 44.3 Å². The minimum Gasteiger partial charge on any atom is -0.367 e. The van der Waals surface area contributed by atoms with Crippen LogP contribution in [0.4, 0.5) is 5.69 Å². The number of para-hydroxylation sites is 1. The van der Waals surface area contributed by atoms with Crippen molar-refractivity contribution in [2.75, 3.05) is 44.2 Å². The largest absolute Gasteiger partial charge is 0.367 e. The van der Waals surface area contributed by atoms with Crippen molar-refractivity contribution in [3.8, 4) is 0 Å². The van der Waals surface area contributed by atoms with Crippen molar-refractivity contribution in [3.63, 3.8) is 0 Å². The van der Waals surface area contributed by atoms with Gasteiger partial charge in [0.2, 0.25) is 10.0 Å². The zero-order chi connectivity index (χ0) is 21.1. The zero-order valence-corrected chi connectivity index (χ0v) is 18.4. The molecule has 0 aliphatic carbocycles. The lowest BCUT2D eigenvalue weighted by atomic mass is 10.1. The molecule has 0 aromatic heterocycles. The fourth-order valence-corrected chi connectivity index (χ4v) is 6.10. The molecule has 2 aliphatic rings. The number of carbonyl (C=O) groups is 1. The highest BCUT2D eigenvalue weighted by Gasteiger charge is 2.32. The lowest BCUT2D eigenvalue weighted by Crippen LogP contribution is -2.49. The molecule has 0 bridgehead atoms. The van der Waals surface area contributed by atoms with Gasteiger partial charge in [0.15, 0.2) is 0 Å². The van der Waals surface area contributed by atoms with Gasteiger partial charge in [0, 0.05) is 39.3 Å². The third kappa shape index (κ3) is 4.19. The first kappa shape index (κ1) is 21.2. The molecular weight excluding hydrogens is 422 g/mol. The molecule has 4 rings (SSSR count). The van der Waals surface area contributed by atoms with Gasteiger partial charge in [-0.25, -0.2) is 8.42 Å². The maximum atomic E-state index is 13.3. The monoisotopic (exact) mass is 447 g/mol. The summed E-state index contributed by atoms with van der Waals surface area (Å²) in [4.78, 5) is 17.3. The van der Waals surface area contributed by atoms with Crippen molar-refractivity contribution in [3.05, 3.63) is 59.1 Å². The van der Waals surface area contributed by atoms with E-state index >= 15 is 0 Å². The molecule has 0 radical (unpaired) electrons. The summed E-state index contributed by atoms with van der Waals surface area (Å²) >= 11 is 6.30. The van der Waals surface area contributed by atoms with Crippen molar-refractivity contribution in [1.82, 2.24) is 9.21 Å². The molecule has 8 heteroatoms. The van der Waals surface area contributed by atoms with E-state index in [2.05, 4.69) is 4.90 Å². The van der Waals surface area contributed by atoms with Crippen molar-refractivity contribution in [2.45, 2.75) is 24.2 Å². The lowest BCUT2D eigenvalue weighted by Gasteiger charge is -2.37. The molecule has 2 fully saturated rings. The summed E-state index contributed by atoms with van der Waals surface area (Å²) < 4.78 is 27.9. The Hall–Kier alpha value is -2.09. The molecule has 0 saturated carbocycles. The molecule has 2 aliphatic heterocycles. The van der Waals surface area contributed by atoms with Crippen LogP contribution in [0.5, 0.6) is 0 Å². The van der Waals surface area contributed by atoms with Crippen LogP contribution in [-0.2, 0) is 10.0 Å². The normalized spacial score (nSPS) is 18.4. The summed E-state index contributed by atoms with van der Waals surface area (Å²) in [5, 5.41) is 0.690. The minimum absolute atomic E-state index is 0.116. The maximum Gasteiger partial charge on any atom is 0.255 e. The van der Waals surface area contributed by atoms with Gasteiger partial charge in [0.25, 0.3) is 5.91 Å². The first-order valence-corrected chi connectivity index (χ1v) is 12.2. The number of amides is 1. The Morgan fingerprint density at radius 1 is 0.800 bits per heavy atom. The number of sulfonamides is 1. The Kier molecular flexibility index (Phi) is 6.32. The molecule has 0 unspecified atom stereocenters. The average Bonchev–Trinajstić information content (AvgIpc) is 2.80. The zero-order valence-electron chi connectivity index (χ0n) is 16.8. The van der Waals surface area contributed by atoms with Gasteiger partial charge >= 0.3 is 0 Å². The highest BCUT2D eigenvalue weighted by molar-refractivity contribution is 7.89. The van der Waals surface area contributed by atoms with Gasteiger partial charge in [0.05, 0.1) is 21.2 Å². The molecule has 2 saturated heterocycles. The highest BCUT2D eigenvalue weighted by atomic mass is 35.5. The minimum atomic E-state index is -3.68. The van der Waals surface area contributed by atoms with E-state index < -0.39 is 10.0 Å². The Labute approximate surface area is 183 Å². The van der Waals surface area contributed by atoms with Crippen LogP contribution < -0.4 is 4.90 Å². The summed E-state index contributed by atoms with van der Waals surface area (Å²) in [5.74, 6) is -0.231. The quantitative estimate of drug-likeness (QED) is 0.720. The summed E-state index contributed by atoms with van der Waals surface area (Å²) in [6, 6.07) is 14.3. The summed E-state index contributed by atoms with van der Waals surface area (Å²) in [5.41, 5.74) is 1.22. The number of nitrogens with zero attached hydrogens (tertiary/aromatic N) is 3. The topological polar surface area (TPSA) is 60.9 Å². The van der Waals surface area contributed by atoms with Crippen molar-refractivity contribution in [1.29, 1.82) is 0 Å². The van der Waals surface area contributed by atoms with Gasteiger partial charge in [-0.15, -0.1) is 0 Å². The van der Waals surface area contributed by atoms with E-state index in [0.717, 1.165) is 24.9 Å². The van der Waals surface area contributed by atoms with Gasteiger partial charge in [-0.1, -0.05) is 42.3 Å². The van der Waals surface area contributed by atoms with Crippen molar-refractivity contribution >= 4 is 33.2 Å². The van der Waals surface area contributed by atoms with Crippen molar-refractivity contribution in [2.24, 2.45) is 0 Å². The number of piperidine rings is 1. The Bertz CT molecular complexity index is 1010. The molecule has 2 heterocycles. The standard InChI is InChI=1S/C22H26ClN3O3S/c23-19-9-3-4-10-20(19)24-14-16-25(17-15-24)22(27)18-8-2-5-11-21(18)30(28,29)26-12-6-1-7-13-26/h2-5,8-11H,1,6-7,12-17H2. The van der Waals surface area contributed by atoms with Gasteiger partial charge in [-0.3, -0.25) is 4.79 Å². The number of hydrogen-bond acceptors (Lipinski definition) is 4. The van der Waals surface area contributed by atoms with E-state index in [-0.39, 0.29) is 16.4 Å². The summed E-state index contributed by atoms with van der Waals surface area (Å²) in [6.07, 6.45) is 2.76. The fourth-order valence-electron chi connectivity index (χ4n) is 4.14. The third-order valence-electron chi connectivity index (χ3n) is 5.81. The number of piperazine rings is 1. The molecule has 160 valence electrons. The molecule has 0 atom stereocenters. The first-order chi connectivity index (χ1) is 14.5. The van der Waals surface area contributed by atoms with Crippen LogP contribution in [0.2, 0.25) is 5.02 Å². The Morgan fingerprint density at radius 2 is 1.43 bits per heavy atom. The van der Waals surface area contributed by atoms with Crippen LogP contribution in [0.3, 0.4) is 0 Å². The molecule has 2 aromatic carbocycles. The van der Waals surface area contributed by atoms with E-state index in [1.165, 1.54) is 4.31 Å². The van der Waals surface area contributed by atoms with Crippen LogP contribution in [0.25, 0.3) is 0 Å². The summed E-state index contributed by atoms with van der Waals surface area (Å²) in [6.45, 7) is 3.36. The second-order valence-corrected chi connectivity index (χ2v) is 10.0. The van der Waals surface area contributed by atoms with Crippen LogP contribution in [-0.4, -0.2) is 62.8 Å². The average molecular weight is 448 g/mol. The van der Waals surface area contributed by atoms with Crippen molar-refractivity contribution < 1.29 is 13.2 Å². The van der Waals surface area contributed by atoms with Gasteiger partial charge in [-0.2, -0.15) is 4.31 Å². The molecule has 0 N–H and O–H groups in total. The number of anilines is 1. The smallest absolute Gasteiger partial charge is 0.255 e. The second kappa shape index (κ2) is 8.96. The van der Waals surface area contributed by atoms with Gasteiger partial charge in [-0.05, 0) is 37.1 Å². The van der Waals surface area contributed by atoms with Crippen LogP contribution in [0.1, 0.15) is 29.6 Å². The summed E-state index contributed by atoms with van der Waals surface area (Å²) in [7, 11) is -3.68. The van der Waals surface area contributed by atoms with Gasteiger partial charge < -0.3 is 9.80 Å². The number of hydrogen-bond donors (Lipinski definition) is 0. The lowest BCUT2D eigenvalue weighted by molar-refractivity contribution is 0.0742. The number of rotatable bonds is 4. The highest BCUT2D eigenvalue weighted by Crippen LogP contribution is 2.28. The maximum absolute atomic E-state index is 13.3. The molecular formula is C22H26ClN3O3S. The molecule has 6 nitrogen and oxygen atoms in total. The Morgan fingerprint density at radius 3 is 2.13 bits per heavy atom. The van der Waals surface area contributed by atoms with E-state index in [4.69, 9.17) is 11.6 Å². The van der Waals surface area contributed by atoms with E-state index in [9.17, 15) is 13.2 Å². The molecule has 2 aromatic rings. The first-order valence-electron chi connectivity index (χ1n) is 10.4. The predicted octanol–water partition coefficient (Wildman–Crippen LogP) is 3.48. The van der Waals surface area contributed by atoms with E-state index in [1.807, 2.05) is 24.3 Å². The van der Waals surface area contributed by atoms with Gasteiger partial charge in [0.1, 0.15) is 0 Å². The third-order valence-corrected chi connectivity index (χ3v) is 8.09. The predicted molar refractivity (Wildman–Crippen MR) is 119 cm³/mol. The second-order valence-electron chi connectivity index (χ2n) is 7.69.